The number of rotatable bonds is 5. The summed E-state index contributed by atoms with van der Waals surface area (Å²) in [6.45, 7) is 0.245. The number of hydrogen-bond donors (Lipinski definition) is 1. The van der Waals surface area contributed by atoms with Gasteiger partial charge in [0.15, 0.2) is 0 Å². The molecule has 0 unspecified atom stereocenters. The second kappa shape index (κ2) is 9.79. The van der Waals surface area contributed by atoms with Gasteiger partial charge in [0, 0.05) is 25.6 Å². The Morgan fingerprint density at radius 2 is 1.64 bits per heavy atom. The summed E-state index contributed by atoms with van der Waals surface area (Å²) in [5, 5.41) is 3.03. The molecule has 1 aliphatic heterocycles. The van der Waals surface area contributed by atoms with Crippen LogP contribution in [0.2, 0.25) is 10.0 Å². The number of benzene rings is 3. The first-order valence-corrected chi connectivity index (χ1v) is 11.2. The molecule has 0 atom stereocenters. The van der Waals surface area contributed by atoms with Crippen LogP contribution in [0.5, 0.6) is 5.75 Å². The lowest BCUT2D eigenvalue weighted by Crippen LogP contribution is -2.54. The standard InChI is InChI=1S/C24H15BrCl2N2O4/c25-20-4-2-1-3-14(20)13-33-21-10-7-17(27)11-15(21)12-19-22(30)28-24(32)29(23(19)31)18-8-5-16(26)6-9-18/h1-12H,13H2,(H,28,30,32)/b19-12+. The van der Waals surface area contributed by atoms with Gasteiger partial charge in [0.1, 0.15) is 17.9 Å². The van der Waals surface area contributed by atoms with Crippen LogP contribution >= 0.6 is 39.1 Å². The van der Waals surface area contributed by atoms with E-state index in [9.17, 15) is 14.4 Å². The van der Waals surface area contributed by atoms with Gasteiger partial charge in [-0.25, -0.2) is 9.69 Å². The molecule has 0 saturated carbocycles. The molecule has 3 aromatic rings. The summed E-state index contributed by atoms with van der Waals surface area (Å²) in [6, 6.07) is 17.7. The van der Waals surface area contributed by atoms with E-state index in [2.05, 4.69) is 21.2 Å². The molecular weight excluding hydrogens is 531 g/mol. The van der Waals surface area contributed by atoms with Crippen molar-refractivity contribution in [3.8, 4) is 5.75 Å². The third-order valence-corrected chi connectivity index (χ3v) is 6.06. The fourth-order valence-corrected chi connectivity index (χ4v) is 3.88. The summed E-state index contributed by atoms with van der Waals surface area (Å²) in [7, 11) is 0. The number of halogens is 3. The zero-order valence-corrected chi connectivity index (χ0v) is 19.9. The molecule has 0 aliphatic carbocycles. The predicted octanol–water partition coefficient (Wildman–Crippen LogP) is 6.00. The second-order valence-corrected chi connectivity index (χ2v) is 8.72. The van der Waals surface area contributed by atoms with E-state index in [1.165, 1.54) is 18.2 Å². The van der Waals surface area contributed by atoms with Gasteiger partial charge in [-0.15, -0.1) is 0 Å². The fraction of sp³-hybridized carbons (Fsp3) is 0.0417. The Bertz CT molecular complexity index is 1290. The lowest BCUT2D eigenvalue weighted by atomic mass is 10.1. The lowest BCUT2D eigenvalue weighted by molar-refractivity contribution is -0.122. The average Bonchev–Trinajstić information content (AvgIpc) is 2.78. The molecule has 3 aromatic carbocycles. The van der Waals surface area contributed by atoms with E-state index in [4.69, 9.17) is 27.9 Å². The highest BCUT2D eigenvalue weighted by atomic mass is 79.9. The minimum Gasteiger partial charge on any atom is -0.488 e. The van der Waals surface area contributed by atoms with Gasteiger partial charge in [0.25, 0.3) is 11.8 Å². The van der Waals surface area contributed by atoms with Crippen LogP contribution in [-0.2, 0) is 16.2 Å². The molecule has 1 heterocycles. The van der Waals surface area contributed by atoms with Crippen LogP contribution in [0.25, 0.3) is 6.08 Å². The molecule has 33 heavy (non-hydrogen) atoms. The Morgan fingerprint density at radius 3 is 2.36 bits per heavy atom. The van der Waals surface area contributed by atoms with Crippen LogP contribution in [0.4, 0.5) is 10.5 Å². The van der Waals surface area contributed by atoms with Crippen molar-refractivity contribution in [3.05, 3.63) is 97.9 Å². The van der Waals surface area contributed by atoms with E-state index in [-0.39, 0.29) is 17.9 Å². The number of amides is 4. The number of barbiturate groups is 1. The summed E-state index contributed by atoms with van der Waals surface area (Å²) >= 11 is 15.5. The first kappa shape index (κ1) is 23.0. The van der Waals surface area contributed by atoms with E-state index >= 15 is 0 Å². The second-order valence-electron chi connectivity index (χ2n) is 7.00. The summed E-state index contributed by atoms with van der Waals surface area (Å²) < 4.78 is 6.83. The van der Waals surface area contributed by atoms with Gasteiger partial charge in [0.05, 0.1) is 5.69 Å². The Balaban J connectivity index is 1.68. The zero-order valence-electron chi connectivity index (χ0n) is 16.8. The van der Waals surface area contributed by atoms with Gasteiger partial charge < -0.3 is 4.74 Å². The largest absolute Gasteiger partial charge is 0.488 e. The minimum atomic E-state index is -0.846. The predicted molar refractivity (Wildman–Crippen MR) is 130 cm³/mol. The number of nitrogens with one attached hydrogen (secondary N) is 1. The summed E-state index contributed by atoms with van der Waals surface area (Å²) in [6.07, 6.45) is 1.36. The van der Waals surface area contributed by atoms with Crippen molar-refractivity contribution in [1.82, 2.24) is 5.32 Å². The number of ether oxygens (including phenoxy) is 1. The van der Waals surface area contributed by atoms with Gasteiger partial charge >= 0.3 is 6.03 Å². The SMILES string of the molecule is O=C1NC(=O)N(c2ccc(Cl)cc2)C(=O)/C1=C/c1cc(Cl)ccc1OCc1ccccc1Br. The van der Waals surface area contributed by atoms with Gasteiger partial charge in [-0.2, -0.15) is 0 Å². The quantitative estimate of drug-likeness (QED) is 0.315. The molecular formula is C24H15BrCl2N2O4. The number of carbonyl (C=O) groups is 3. The highest BCUT2D eigenvalue weighted by Gasteiger charge is 2.37. The summed E-state index contributed by atoms with van der Waals surface area (Å²) in [5.41, 5.74) is 1.37. The van der Waals surface area contributed by atoms with Crippen molar-refractivity contribution in [2.45, 2.75) is 6.61 Å². The highest BCUT2D eigenvalue weighted by Crippen LogP contribution is 2.29. The van der Waals surface area contributed by atoms with E-state index < -0.39 is 17.8 Å². The van der Waals surface area contributed by atoms with Crippen LogP contribution in [0.15, 0.2) is 76.8 Å². The Hall–Kier alpha value is -3.13. The van der Waals surface area contributed by atoms with Crippen molar-refractivity contribution in [1.29, 1.82) is 0 Å². The van der Waals surface area contributed by atoms with Crippen molar-refractivity contribution in [2.75, 3.05) is 4.90 Å². The summed E-state index contributed by atoms with van der Waals surface area (Å²) in [4.78, 5) is 38.9. The van der Waals surface area contributed by atoms with Crippen LogP contribution in [0.3, 0.4) is 0 Å². The van der Waals surface area contributed by atoms with Crippen molar-refractivity contribution >= 4 is 68.7 Å². The number of carbonyl (C=O) groups excluding carboxylic acids is 3. The van der Waals surface area contributed by atoms with E-state index in [0.717, 1.165) is 14.9 Å². The number of hydrogen-bond acceptors (Lipinski definition) is 4. The van der Waals surface area contributed by atoms with E-state index in [1.54, 1.807) is 30.3 Å². The topological polar surface area (TPSA) is 75.7 Å². The van der Waals surface area contributed by atoms with Crippen molar-refractivity contribution < 1.29 is 19.1 Å². The Morgan fingerprint density at radius 1 is 0.939 bits per heavy atom. The highest BCUT2D eigenvalue weighted by molar-refractivity contribution is 9.10. The summed E-state index contributed by atoms with van der Waals surface area (Å²) in [5.74, 6) is -1.17. The molecule has 4 amide bonds. The van der Waals surface area contributed by atoms with Gasteiger partial charge in [-0.1, -0.05) is 57.3 Å². The molecule has 0 spiro atoms. The average molecular weight is 546 g/mol. The van der Waals surface area contributed by atoms with Crippen molar-refractivity contribution in [3.63, 3.8) is 0 Å². The molecule has 166 valence electrons. The van der Waals surface area contributed by atoms with Crippen molar-refractivity contribution in [2.24, 2.45) is 0 Å². The Kier molecular flexibility index (Phi) is 6.83. The number of nitrogens with zero attached hydrogens (tertiary/aromatic N) is 1. The maximum Gasteiger partial charge on any atom is 0.335 e. The molecule has 6 nitrogen and oxygen atoms in total. The maximum absolute atomic E-state index is 13.1. The van der Waals surface area contributed by atoms with Crippen LogP contribution in [0, 0.1) is 0 Å². The first-order valence-electron chi connectivity index (χ1n) is 9.66. The third kappa shape index (κ3) is 5.11. The molecule has 9 heteroatoms. The number of urea groups is 1. The molecule has 0 radical (unpaired) electrons. The van der Waals surface area contributed by atoms with E-state index in [1.807, 2.05) is 24.3 Å². The molecule has 1 saturated heterocycles. The monoisotopic (exact) mass is 544 g/mol. The first-order chi connectivity index (χ1) is 15.8. The van der Waals surface area contributed by atoms with Crippen LogP contribution < -0.4 is 15.0 Å². The normalized spacial score (nSPS) is 15.1. The molecule has 0 aromatic heterocycles. The Labute approximate surface area is 207 Å². The third-order valence-electron chi connectivity index (χ3n) is 4.80. The lowest BCUT2D eigenvalue weighted by Gasteiger charge is -2.26. The molecule has 0 bridgehead atoms. The molecule has 1 N–H and O–H groups in total. The number of anilines is 1. The zero-order chi connectivity index (χ0) is 23.5. The molecule has 4 rings (SSSR count). The van der Waals surface area contributed by atoms with Gasteiger partial charge in [-0.05, 0) is 54.6 Å². The molecule has 1 fully saturated rings. The van der Waals surface area contributed by atoms with Crippen LogP contribution in [-0.4, -0.2) is 17.8 Å². The fourth-order valence-electron chi connectivity index (χ4n) is 3.17. The smallest absolute Gasteiger partial charge is 0.335 e. The molecule has 1 aliphatic rings. The van der Waals surface area contributed by atoms with Gasteiger partial charge in [-0.3, -0.25) is 14.9 Å². The maximum atomic E-state index is 13.1. The number of imide groups is 2. The van der Waals surface area contributed by atoms with E-state index in [0.29, 0.717) is 21.4 Å². The minimum absolute atomic E-state index is 0.238. The van der Waals surface area contributed by atoms with Crippen LogP contribution in [0.1, 0.15) is 11.1 Å². The van der Waals surface area contributed by atoms with Gasteiger partial charge in [0.2, 0.25) is 0 Å².